The van der Waals surface area contributed by atoms with E-state index in [2.05, 4.69) is 0 Å². The lowest BCUT2D eigenvalue weighted by molar-refractivity contribution is -0.176. The van der Waals surface area contributed by atoms with Crippen LogP contribution in [-0.4, -0.2) is 22.8 Å². The normalized spacial score (nSPS) is 14.6. The number of hydrogen-bond acceptors (Lipinski definition) is 2. The summed E-state index contributed by atoms with van der Waals surface area (Å²) in [5.41, 5.74) is -2.90. The topological polar surface area (TPSA) is 49.3 Å². The first kappa shape index (κ1) is 18.3. The van der Waals surface area contributed by atoms with Crippen molar-refractivity contribution in [3.8, 4) is 0 Å². The molecular weight excluding hydrogens is 316 g/mol. The van der Waals surface area contributed by atoms with E-state index >= 15 is 0 Å². The summed E-state index contributed by atoms with van der Waals surface area (Å²) in [6.07, 6.45) is -9.77. The fraction of sp³-hybridized carbons (Fsp3) is 0.462. The molecule has 22 heavy (non-hydrogen) atoms. The van der Waals surface area contributed by atoms with Crippen molar-refractivity contribution in [2.75, 3.05) is 0 Å². The van der Waals surface area contributed by atoms with Gasteiger partial charge in [-0.25, -0.2) is 0 Å². The van der Waals surface area contributed by atoms with Gasteiger partial charge < -0.3 is 10.4 Å². The molecule has 1 amide bonds. The van der Waals surface area contributed by atoms with Gasteiger partial charge in [0, 0.05) is 0 Å². The van der Waals surface area contributed by atoms with Gasteiger partial charge in [0.15, 0.2) is 0 Å². The molecular formula is C13H13F6NO2. The molecule has 0 aromatic heterocycles. The highest BCUT2D eigenvalue weighted by atomic mass is 19.4. The molecule has 0 heterocycles. The van der Waals surface area contributed by atoms with Crippen molar-refractivity contribution in [1.29, 1.82) is 0 Å². The van der Waals surface area contributed by atoms with Crippen LogP contribution in [0.5, 0.6) is 0 Å². The smallest absolute Gasteiger partial charge is 0.388 e. The van der Waals surface area contributed by atoms with Crippen LogP contribution in [0.3, 0.4) is 0 Å². The Hall–Kier alpha value is -1.77. The van der Waals surface area contributed by atoms with Crippen LogP contribution < -0.4 is 5.32 Å². The summed E-state index contributed by atoms with van der Waals surface area (Å²) in [7, 11) is 0. The Morgan fingerprint density at radius 1 is 1.05 bits per heavy atom. The zero-order chi connectivity index (χ0) is 17.3. The molecule has 2 N–H and O–H groups in total. The predicted molar refractivity (Wildman–Crippen MR) is 64.7 cm³/mol. The number of halogens is 6. The Labute approximate surface area is 121 Å². The number of nitrogens with one attached hydrogen (secondary N) is 1. The van der Waals surface area contributed by atoms with E-state index in [4.69, 9.17) is 0 Å². The molecule has 1 rings (SSSR count). The third-order valence-electron chi connectivity index (χ3n) is 2.81. The number of benzene rings is 1. The first-order valence-electron chi connectivity index (χ1n) is 6.00. The molecule has 0 saturated heterocycles. The molecule has 0 radical (unpaired) electrons. The number of carbonyl (C=O) groups excluding carboxylic acids is 1. The molecule has 0 fully saturated rings. The van der Waals surface area contributed by atoms with Crippen LogP contribution >= 0.6 is 0 Å². The highest BCUT2D eigenvalue weighted by molar-refractivity contribution is 5.82. The third-order valence-corrected chi connectivity index (χ3v) is 2.81. The monoisotopic (exact) mass is 329 g/mol. The molecule has 9 heteroatoms. The predicted octanol–water partition coefficient (Wildman–Crippen LogP) is 3.20. The zero-order valence-corrected chi connectivity index (χ0v) is 11.5. The molecule has 0 aliphatic carbocycles. The van der Waals surface area contributed by atoms with Crippen LogP contribution in [0.25, 0.3) is 0 Å². The average Bonchev–Trinajstić information content (AvgIpc) is 2.32. The molecule has 1 aromatic carbocycles. The minimum Gasteiger partial charge on any atom is -0.388 e. The number of alkyl halides is 6. The van der Waals surface area contributed by atoms with Crippen molar-refractivity contribution in [3.63, 3.8) is 0 Å². The SMILES string of the molecule is CC(C)(O)C(NC(=O)C(F)(F)F)c1ccc(C(F)(F)F)cc1. The second-order valence-corrected chi connectivity index (χ2v) is 5.18. The maximum absolute atomic E-state index is 12.5. The fourth-order valence-electron chi connectivity index (χ4n) is 1.75. The van der Waals surface area contributed by atoms with Gasteiger partial charge in [-0.2, -0.15) is 26.3 Å². The summed E-state index contributed by atoms with van der Waals surface area (Å²) in [4.78, 5) is 11.0. The van der Waals surface area contributed by atoms with Gasteiger partial charge in [-0.3, -0.25) is 4.79 Å². The first-order chi connectivity index (χ1) is 9.73. The van der Waals surface area contributed by atoms with Crippen molar-refractivity contribution < 1.29 is 36.2 Å². The quantitative estimate of drug-likeness (QED) is 0.837. The van der Waals surface area contributed by atoms with Crippen LogP contribution in [0.1, 0.15) is 31.0 Å². The second-order valence-electron chi connectivity index (χ2n) is 5.18. The minimum atomic E-state index is -5.17. The summed E-state index contributed by atoms with van der Waals surface area (Å²) >= 11 is 0. The zero-order valence-electron chi connectivity index (χ0n) is 11.5. The van der Waals surface area contributed by atoms with Crippen LogP contribution in [0.4, 0.5) is 26.3 Å². The molecule has 1 aromatic rings. The lowest BCUT2D eigenvalue weighted by Crippen LogP contribution is -2.46. The minimum absolute atomic E-state index is 0.0851. The summed E-state index contributed by atoms with van der Waals surface area (Å²) in [6, 6.07) is 1.61. The van der Waals surface area contributed by atoms with Crippen molar-refractivity contribution in [2.45, 2.75) is 37.8 Å². The Morgan fingerprint density at radius 2 is 1.50 bits per heavy atom. The highest BCUT2D eigenvalue weighted by Gasteiger charge is 2.42. The summed E-state index contributed by atoms with van der Waals surface area (Å²) < 4.78 is 74.2. The van der Waals surface area contributed by atoms with Crippen molar-refractivity contribution in [3.05, 3.63) is 35.4 Å². The summed E-state index contributed by atoms with van der Waals surface area (Å²) in [5, 5.41) is 11.4. The molecule has 0 saturated carbocycles. The molecule has 0 aliphatic heterocycles. The molecule has 3 nitrogen and oxygen atoms in total. The van der Waals surface area contributed by atoms with E-state index in [1.165, 1.54) is 0 Å². The van der Waals surface area contributed by atoms with Crippen LogP contribution in [0.2, 0.25) is 0 Å². The largest absolute Gasteiger partial charge is 0.471 e. The van der Waals surface area contributed by atoms with Gasteiger partial charge >= 0.3 is 18.3 Å². The number of aliphatic hydroxyl groups is 1. The number of hydrogen-bond donors (Lipinski definition) is 2. The van der Waals surface area contributed by atoms with Gasteiger partial charge in [0.2, 0.25) is 0 Å². The molecule has 0 spiro atoms. The van der Waals surface area contributed by atoms with Gasteiger partial charge in [-0.1, -0.05) is 12.1 Å². The Kier molecular flexibility index (Phi) is 4.81. The van der Waals surface area contributed by atoms with Crippen molar-refractivity contribution >= 4 is 5.91 Å². The molecule has 0 bridgehead atoms. The van der Waals surface area contributed by atoms with Gasteiger partial charge in [0.1, 0.15) is 0 Å². The van der Waals surface area contributed by atoms with E-state index in [0.717, 1.165) is 26.0 Å². The highest BCUT2D eigenvalue weighted by Crippen LogP contribution is 2.32. The van der Waals surface area contributed by atoms with Crippen molar-refractivity contribution in [1.82, 2.24) is 5.32 Å². The van der Waals surface area contributed by atoms with Gasteiger partial charge in [-0.15, -0.1) is 0 Å². The van der Waals surface area contributed by atoms with E-state index in [1.54, 1.807) is 5.32 Å². The molecule has 1 unspecified atom stereocenters. The van der Waals surface area contributed by atoms with Crippen molar-refractivity contribution in [2.24, 2.45) is 0 Å². The lowest BCUT2D eigenvalue weighted by Gasteiger charge is -2.31. The molecule has 0 aliphatic rings. The van der Waals surface area contributed by atoms with E-state index in [-0.39, 0.29) is 5.56 Å². The average molecular weight is 329 g/mol. The number of rotatable bonds is 3. The van der Waals surface area contributed by atoms with E-state index in [0.29, 0.717) is 12.1 Å². The summed E-state index contributed by atoms with van der Waals surface area (Å²) in [5.74, 6) is -2.29. The van der Waals surface area contributed by atoms with Gasteiger partial charge in [0.25, 0.3) is 0 Å². The van der Waals surface area contributed by atoms with E-state index < -0.39 is 35.5 Å². The van der Waals surface area contributed by atoms with Crippen LogP contribution in [-0.2, 0) is 11.0 Å². The van der Waals surface area contributed by atoms with Crippen LogP contribution in [0, 0.1) is 0 Å². The van der Waals surface area contributed by atoms with Gasteiger partial charge in [-0.05, 0) is 31.5 Å². The van der Waals surface area contributed by atoms with Crippen LogP contribution in [0.15, 0.2) is 24.3 Å². The Morgan fingerprint density at radius 3 is 1.82 bits per heavy atom. The summed E-state index contributed by atoms with van der Waals surface area (Å²) in [6.45, 7) is 2.26. The second kappa shape index (κ2) is 5.79. The third kappa shape index (κ3) is 4.62. The van der Waals surface area contributed by atoms with E-state index in [9.17, 15) is 36.2 Å². The maximum atomic E-state index is 12.5. The first-order valence-corrected chi connectivity index (χ1v) is 6.00. The number of carbonyl (C=O) groups is 1. The number of amides is 1. The Bertz CT molecular complexity index is 527. The Balaban J connectivity index is 3.12. The molecule has 1 atom stereocenters. The van der Waals surface area contributed by atoms with E-state index in [1.807, 2.05) is 0 Å². The lowest BCUT2D eigenvalue weighted by atomic mass is 9.91. The standard InChI is InChI=1S/C13H13F6NO2/c1-11(2,22)9(20-10(21)13(17,18)19)7-3-5-8(6-4-7)12(14,15)16/h3-6,9,22H,1-2H3,(H,20,21). The maximum Gasteiger partial charge on any atom is 0.471 e. The fourth-order valence-corrected chi connectivity index (χ4v) is 1.75. The molecule has 124 valence electrons. The van der Waals surface area contributed by atoms with Gasteiger partial charge in [0.05, 0.1) is 17.2 Å².